The van der Waals surface area contributed by atoms with Gasteiger partial charge in [0.1, 0.15) is 5.75 Å². The van der Waals surface area contributed by atoms with Gasteiger partial charge in [-0.05, 0) is 30.5 Å². The van der Waals surface area contributed by atoms with Crippen LogP contribution in [0, 0.1) is 0 Å². The SMILES string of the molecule is COc1ccccc1Nc1nnc(SCC(=O)NC(C)c2cccs2)s1. The predicted molar refractivity (Wildman–Crippen MR) is 108 cm³/mol. The molecule has 0 aliphatic rings. The molecule has 3 rings (SSSR count). The van der Waals surface area contributed by atoms with E-state index in [1.54, 1.807) is 18.4 Å². The van der Waals surface area contributed by atoms with E-state index >= 15 is 0 Å². The lowest BCUT2D eigenvalue weighted by Gasteiger charge is -2.11. The van der Waals surface area contributed by atoms with E-state index in [0.29, 0.717) is 10.9 Å². The zero-order valence-electron chi connectivity index (χ0n) is 14.3. The lowest BCUT2D eigenvalue weighted by Crippen LogP contribution is -2.27. The molecule has 136 valence electrons. The molecule has 0 radical (unpaired) electrons. The molecule has 0 aliphatic heterocycles. The number of carbonyl (C=O) groups excluding carboxylic acids is 1. The van der Waals surface area contributed by atoms with Crippen molar-refractivity contribution < 1.29 is 9.53 Å². The van der Waals surface area contributed by atoms with Crippen LogP contribution in [-0.2, 0) is 4.79 Å². The first-order valence-corrected chi connectivity index (χ1v) is 10.5. The summed E-state index contributed by atoms with van der Waals surface area (Å²) in [5.74, 6) is 1.02. The Morgan fingerprint density at radius 1 is 1.27 bits per heavy atom. The van der Waals surface area contributed by atoms with Gasteiger partial charge in [0, 0.05) is 4.88 Å². The van der Waals surface area contributed by atoms with Gasteiger partial charge in [0.25, 0.3) is 0 Å². The number of hydrogen-bond donors (Lipinski definition) is 2. The van der Waals surface area contributed by atoms with Crippen LogP contribution >= 0.6 is 34.4 Å². The van der Waals surface area contributed by atoms with E-state index in [9.17, 15) is 4.79 Å². The highest BCUT2D eigenvalue weighted by Gasteiger charge is 2.13. The van der Waals surface area contributed by atoms with Crippen LogP contribution in [0.4, 0.5) is 10.8 Å². The third-order valence-corrected chi connectivity index (χ3v) is 6.46. The van der Waals surface area contributed by atoms with Crippen LogP contribution in [0.5, 0.6) is 5.75 Å². The summed E-state index contributed by atoms with van der Waals surface area (Å²) >= 11 is 4.41. The van der Waals surface area contributed by atoms with Gasteiger partial charge in [0.15, 0.2) is 4.34 Å². The number of anilines is 2. The van der Waals surface area contributed by atoms with Crippen LogP contribution in [0.25, 0.3) is 0 Å². The Bertz CT molecular complexity index is 851. The number of hydrogen-bond acceptors (Lipinski definition) is 8. The molecule has 9 heteroatoms. The number of para-hydroxylation sites is 2. The summed E-state index contributed by atoms with van der Waals surface area (Å²) < 4.78 is 6.04. The Hall–Kier alpha value is -2.10. The van der Waals surface area contributed by atoms with Gasteiger partial charge in [-0.3, -0.25) is 4.79 Å². The van der Waals surface area contributed by atoms with Gasteiger partial charge < -0.3 is 15.4 Å². The van der Waals surface area contributed by atoms with Gasteiger partial charge in [0.2, 0.25) is 11.0 Å². The molecule has 1 unspecified atom stereocenters. The second kappa shape index (κ2) is 9.02. The van der Waals surface area contributed by atoms with E-state index in [4.69, 9.17) is 4.74 Å². The van der Waals surface area contributed by atoms with Gasteiger partial charge in [-0.15, -0.1) is 21.5 Å². The van der Waals surface area contributed by atoms with Crippen molar-refractivity contribution in [2.45, 2.75) is 17.3 Å². The molecule has 0 saturated heterocycles. The lowest BCUT2D eigenvalue weighted by atomic mass is 10.3. The Balaban J connectivity index is 1.51. The fraction of sp³-hybridized carbons (Fsp3) is 0.235. The standard InChI is InChI=1S/C17H18N4O2S3/c1-11(14-8-5-9-24-14)18-15(22)10-25-17-21-20-16(26-17)19-12-6-3-4-7-13(12)23-2/h3-9,11H,10H2,1-2H3,(H,18,22)(H,19,20). The molecule has 0 saturated carbocycles. The van der Waals surface area contributed by atoms with Crippen molar-refractivity contribution >= 4 is 51.2 Å². The summed E-state index contributed by atoms with van der Waals surface area (Å²) in [5, 5.41) is 17.1. The molecule has 0 bridgehead atoms. The first-order chi connectivity index (χ1) is 12.7. The van der Waals surface area contributed by atoms with E-state index in [2.05, 4.69) is 20.8 Å². The van der Waals surface area contributed by atoms with Gasteiger partial charge >= 0.3 is 0 Å². The fourth-order valence-electron chi connectivity index (χ4n) is 2.20. The van der Waals surface area contributed by atoms with E-state index in [1.807, 2.05) is 48.7 Å². The number of carbonyl (C=O) groups is 1. The van der Waals surface area contributed by atoms with Gasteiger partial charge in [-0.25, -0.2) is 0 Å². The molecule has 2 heterocycles. The highest BCUT2D eigenvalue weighted by Crippen LogP contribution is 2.31. The summed E-state index contributed by atoms with van der Waals surface area (Å²) in [6.45, 7) is 1.98. The molecule has 1 aromatic carbocycles. The quantitative estimate of drug-likeness (QED) is 0.543. The highest BCUT2D eigenvalue weighted by atomic mass is 32.2. The lowest BCUT2D eigenvalue weighted by molar-refractivity contribution is -0.119. The minimum atomic E-state index is -0.0228. The summed E-state index contributed by atoms with van der Waals surface area (Å²) in [6, 6.07) is 11.6. The Labute approximate surface area is 164 Å². The van der Waals surface area contributed by atoms with E-state index in [0.717, 1.165) is 20.7 Å². The fourth-order valence-corrected chi connectivity index (χ4v) is 4.51. The van der Waals surface area contributed by atoms with Crippen molar-refractivity contribution in [2.24, 2.45) is 0 Å². The summed E-state index contributed by atoms with van der Waals surface area (Å²) in [5.41, 5.74) is 0.824. The molecule has 0 fully saturated rings. The number of amides is 1. The normalized spacial score (nSPS) is 11.8. The first kappa shape index (κ1) is 18.7. The average molecular weight is 407 g/mol. The number of thiophene rings is 1. The molecule has 0 aliphatic carbocycles. The van der Waals surface area contributed by atoms with Gasteiger partial charge in [-0.2, -0.15) is 0 Å². The van der Waals surface area contributed by atoms with Crippen LogP contribution in [0.2, 0.25) is 0 Å². The third kappa shape index (κ3) is 4.96. The van der Waals surface area contributed by atoms with Crippen molar-refractivity contribution in [1.29, 1.82) is 0 Å². The van der Waals surface area contributed by atoms with Crippen molar-refractivity contribution in [3.05, 3.63) is 46.7 Å². The topological polar surface area (TPSA) is 76.1 Å². The molecular weight excluding hydrogens is 388 g/mol. The minimum absolute atomic E-state index is 0.0142. The second-order valence-electron chi connectivity index (χ2n) is 5.29. The Morgan fingerprint density at radius 2 is 2.12 bits per heavy atom. The van der Waals surface area contributed by atoms with Gasteiger partial charge in [0.05, 0.1) is 24.6 Å². The Kier molecular flexibility index (Phi) is 6.48. The van der Waals surface area contributed by atoms with E-state index < -0.39 is 0 Å². The van der Waals surface area contributed by atoms with Crippen LogP contribution < -0.4 is 15.4 Å². The number of ether oxygens (including phenoxy) is 1. The number of benzene rings is 1. The molecule has 6 nitrogen and oxygen atoms in total. The average Bonchev–Trinajstić information content (AvgIpc) is 3.32. The second-order valence-corrected chi connectivity index (χ2v) is 8.47. The number of rotatable bonds is 8. The molecule has 1 atom stereocenters. The van der Waals surface area contributed by atoms with Crippen LogP contribution in [0.1, 0.15) is 17.8 Å². The number of thioether (sulfide) groups is 1. The van der Waals surface area contributed by atoms with Crippen LogP contribution in [0.15, 0.2) is 46.1 Å². The molecule has 0 spiro atoms. The number of aromatic nitrogens is 2. The van der Waals surface area contributed by atoms with Crippen LogP contribution in [-0.4, -0.2) is 29.0 Å². The molecule has 2 aromatic heterocycles. The minimum Gasteiger partial charge on any atom is -0.495 e. The van der Waals surface area contributed by atoms with Crippen molar-refractivity contribution in [2.75, 3.05) is 18.2 Å². The maximum absolute atomic E-state index is 12.1. The zero-order valence-corrected chi connectivity index (χ0v) is 16.7. The number of nitrogens with zero attached hydrogens (tertiary/aromatic N) is 2. The molecule has 1 amide bonds. The largest absolute Gasteiger partial charge is 0.495 e. The predicted octanol–water partition coefficient (Wildman–Crippen LogP) is 4.32. The molecule has 26 heavy (non-hydrogen) atoms. The maximum atomic E-state index is 12.1. The summed E-state index contributed by atoms with van der Waals surface area (Å²) in [6.07, 6.45) is 0. The number of methoxy groups -OCH3 is 1. The van der Waals surface area contributed by atoms with Crippen molar-refractivity contribution in [3.8, 4) is 5.75 Å². The zero-order chi connectivity index (χ0) is 18.4. The van der Waals surface area contributed by atoms with Crippen molar-refractivity contribution in [3.63, 3.8) is 0 Å². The smallest absolute Gasteiger partial charge is 0.230 e. The Morgan fingerprint density at radius 3 is 2.88 bits per heavy atom. The molecular formula is C17H18N4O2S3. The summed E-state index contributed by atoms with van der Waals surface area (Å²) in [4.78, 5) is 13.2. The maximum Gasteiger partial charge on any atom is 0.230 e. The first-order valence-electron chi connectivity index (χ1n) is 7.85. The van der Waals surface area contributed by atoms with Crippen molar-refractivity contribution in [1.82, 2.24) is 15.5 Å². The van der Waals surface area contributed by atoms with Crippen LogP contribution in [0.3, 0.4) is 0 Å². The number of nitrogens with one attached hydrogen (secondary N) is 2. The highest BCUT2D eigenvalue weighted by molar-refractivity contribution is 8.01. The van der Waals surface area contributed by atoms with E-state index in [-0.39, 0.29) is 11.9 Å². The third-order valence-electron chi connectivity index (χ3n) is 3.43. The van der Waals surface area contributed by atoms with Gasteiger partial charge in [-0.1, -0.05) is 41.3 Å². The molecule has 2 N–H and O–H groups in total. The molecule has 3 aromatic rings. The summed E-state index contributed by atoms with van der Waals surface area (Å²) in [7, 11) is 1.62. The van der Waals surface area contributed by atoms with E-state index in [1.165, 1.54) is 23.1 Å². The monoisotopic (exact) mass is 406 g/mol.